The van der Waals surface area contributed by atoms with E-state index in [1.807, 2.05) is 6.07 Å². The zero-order valence-electron chi connectivity index (χ0n) is 10.6. The number of aromatic nitrogens is 1. The number of anilines is 1. The largest absolute Gasteiger partial charge is 0.397 e. The Hall–Kier alpha value is -1.84. The monoisotopic (exact) mass is 282 g/mol. The van der Waals surface area contributed by atoms with E-state index in [2.05, 4.69) is 4.98 Å². The van der Waals surface area contributed by atoms with Gasteiger partial charge in [0.15, 0.2) is 0 Å². The Morgan fingerprint density at radius 3 is 3.00 bits per heavy atom. The molecule has 19 heavy (non-hydrogen) atoms. The molecular formula is C12H15ClN4O2. The van der Waals surface area contributed by atoms with Gasteiger partial charge in [-0.2, -0.15) is 5.26 Å². The number of carbonyl (C=O) groups is 1. The molecule has 0 saturated heterocycles. The molecule has 0 aromatic carbocycles. The van der Waals surface area contributed by atoms with E-state index in [1.54, 1.807) is 7.11 Å². The molecule has 1 amide bonds. The Kier molecular flexibility index (Phi) is 6.06. The van der Waals surface area contributed by atoms with E-state index < -0.39 is 0 Å². The van der Waals surface area contributed by atoms with Crippen LogP contribution in [0, 0.1) is 11.3 Å². The lowest BCUT2D eigenvalue weighted by Crippen LogP contribution is -2.35. The van der Waals surface area contributed by atoms with Crippen LogP contribution in [0.2, 0.25) is 5.15 Å². The van der Waals surface area contributed by atoms with Crippen molar-refractivity contribution in [3.05, 3.63) is 23.0 Å². The minimum atomic E-state index is -0.308. The minimum Gasteiger partial charge on any atom is -0.397 e. The number of nitrogens with zero attached hydrogens (tertiary/aromatic N) is 3. The topological polar surface area (TPSA) is 92.2 Å². The van der Waals surface area contributed by atoms with E-state index in [9.17, 15) is 4.79 Å². The van der Waals surface area contributed by atoms with Crippen molar-refractivity contribution in [2.75, 3.05) is 32.5 Å². The third kappa shape index (κ3) is 4.39. The van der Waals surface area contributed by atoms with E-state index in [-0.39, 0.29) is 23.0 Å². The first-order chi connectivity index (χ1) is 9.10. The van der Waals surface area contributed by atoms with Crippen LogP contribution in [0.3, 0.4) is 0 Å². The molecule has 102 valence electrons. The van der Waals surface area contributed by atoms with Gasteiger partial charge in [0.25, 0.3) is 5.91 Å². The highest BCUT2D eigenvalue weighted by Gasteiger charge is 2.19. The van der Waals surface area contributed by atoms with Gasteiger partial charge in [-0.25, -0.2) is 4.98 Å². The Morgan fingerprint density at radius 1 is 1.63 bits per heavy atom. The number of nitrogen functional groups attached to an aromatic ring is 1. The highest BCUT2D eigenvalue weighted by molar-refractivity contribution is 6.32. The third-order valence-corrected chi connectivity index (χ3v) is 2.74. The maximum Gasteiger partial charge on any atom is 0.257 e. The Bertz CT molecular complexity index is 487. The number of halogens is 1. The van der Waals surface area contributed by atoms with Gasteiger partial charge < -0.3 is 15.4 Å². The van der Waals surface area contributed by atoms with Gasteiger partial charge in [-0.05, 0) is 6.07 Å². The number of rotatable bonds is 6. The quantitative estimate of drug-likeness (QED) is 0.794. The van der Waals surface area contributed by atoms with Crippen molar-refractivity contribution in [1.29, 1.82) is 5.26 Å². The maximum absolute atomic E-state index is 12.3. The zero-order chi connectivity index (χ0) is 14.3. The van der Waals surface area contributed by atoms with E-state index in [4.69, 9.17) is 27.3 Å². The molecule has 6 nitrogen and oxygen atoms in total. The molecule has 0 saturated carbocycles. The maximum atomic E-state index is 12.3. The van der Waals surface area contributed by atoms with Crippen molar-refractivity contribution in [3.8, 4) is 6.07 Å². The predicted molar refractivity (Wildman–Crippen MR) is 71.7 cm³/mol. The van der Waals surface area contributed by atoms with E-state index in [0.717, 1.165) is 0 Å². The smallest absolute Gasteiger partial charge is 0.257 e. The minimum absolute atomic E-state index is 0.0959. The number of ether oxygens (including phenoxy) is 1. The molecule has 1 aromatic heterocycles. The van der Waals surface area contributed by atoms with E-state index in [0.29, 0.717) is 25.4 Å². The van der Waals surface area contributed by atoms with Crippen molar-refractivity contribution in [1.82, 2.24) is 9.88 Å². The Labute approximate surface area is 116 Å². The third-order valence-electron chi connectivity index (χ3n) is 2.44. The van der Waals surface area contributed by atoms with Crippen LogP contribution in [0.5, 0.6) is 0 Å². The van der Waals surface area contributed by atoms with E-state index in [1.165, 1.54) is 17.2 Å². The highest BCUT2D eigenvalue weighted by atomic mass is 35.5. The standard InChI is InChI=1S/C12H15ClN4O2/c1-19-6-5-17(4-2-3-14)12(18)10-7-9(15)8-16-11(10)13/h7-8H,2,4-6,15H2,1H3. The van der Waals surface area contributed by atoms with Gasteiger partial charge >= 0.3 is 0 Å². The lowest BCUT2D eigenvalue weighted by molar-refractivity contribution is 0.0699. The summed E-state index contributed by atoms with van der Waals surface area (Å²) in [6.07, 6.45) is 1.62. The molecule has 0 radical (unpaired) electrons. The molecule has 0 aliphatic carbocycles. The molecule has 0 unspecified atom stereocenters. The average Bonchev–Trinajstić information content (AvgIpc) is 2.41. The first-order valence-corrected chi connectivity index (χ1v) is 6.04. The van der Waals surface area contributed by atoms with Crippen LogP contribution < -0.4 is 5.73 Å². The van der Waals surface area contributed by atoms with Gasteiger partial charge in [0.05, 0.1) is 36.5 Å². The summed E-state index contributed by atoms with van der Waals surface area (Å²) >= 11 is 5.89. The number of nitriles is 1. The van der Waals surface area contributed by atoms with Crippen molar-refractivity contribution in [2.45, 2.75) is 6.42 Å². The molecule has 0 aliphatic rings. The molecule has 7 heteroatoms. The summed E-state index contributed by atoms with van der Waals surface area (Å²) in [5.74, 6) is -0.308. The first kappa shape index (κ1) is 15.2. The van der Waals surface area contributed by atoms with Crippen molar-refractivity contribution in [3.63, 3.8) is 0 Å². The second-order valence-corrected chi connectivity index (χ2v) is 4.16. The number of hydrogen-bond donors (Lipinski definition) is 1. The summed E-state index contributed by atoms with van der Waals surface area (Å²) < 4.78 is 4.94. The van der Waals surface area contributed by atoms with Crippen LogP contribution in [0.25, 0.3) is 0 Å². The van der Waals surface area contributed by atoms with Crippen LogP contribution >= 0.6 is 11.6 Å². The molecule has 0 fully saturated rings. The molecule has 1 heterocycles. The number of carbonyl (C=O) groups excluding carboxylic acids is 1. The van der Waals surface area contributed by atoms with Gasteiger partial charge in [0.1, 0.15) is 5.15 Å². The molecule has 0 bridgehead atoms. The van der Waals surface area contributed by atoms with E-state index >= 15 is 0 Å². The molecule has 1 rings (SSSR count). The molecule has 1 aromatic rings. The lowest BCUT2D eigenvalue weighted by atomic mass is 10.2. The van der Waals surface area contributed by atoms with Gasteiger partial charge in [0.2, 0.25) is 0 Å². The molecule has 2 N–H and O–H groups in total. The van der Waals surface area contributed by atoms with Gasteiger partial charge in [-0.15, -0.1) is 0 Å². The summed E-state index contributed by atoms with van der Waals surface area (Å²) in [5, 5.41) is 8.71. The SMILES string of the molecule is COCCN(CCC#N)C(=O)c1cc(N)cnc1Cl. The second-order valence-electron chi connectivity index (χ2n) is 3.80. The van der Waals surface area contributed by atoms with Crippen LogP contribution in [0.4, 0.5) is 5.69 Å². The second kappa shape index (κ2) is 7.56. The molecule has 0 spiro atoms. The summed E-state index contributed by atoms with van der Waals surface area (Å²) in [7, 11) is 1.54. The number of nitrogens with two attached hydrogens (primary N) is 1. The zero-order valence-corrected chi connectivity index (χ0v) is 11.4. The fraction of sp³-hybridized carbons (Fsp3) is 0.417. The Morgan fingerprint density at radius 2 is 2.37 bits per heavy atom. The number of amides is 1. The van der Waals surface area contributed by atoms with Crippen LogP contribution in [0.1, 0.15) is 16.8 Å². The summed E-state index contributed by atoms with van der Waals surface area (Å²) in [6, 6.07) is 3.47. The number of pyridine rings is 1. The molecular weight excluding hydrogens is 268 g/mol. The number of hydrogen-bond acceptors (Lipinski definition) is 5. The molecule has 0 aliphatic heterocycles. The lowest BCUT2D eigenvalue weighted by Gasteiger charge is -2.21. The fourth-order valence-corrected chi connectivity index (χ4v) is 1.67. The fourth-order valence-electron chi connectivity index (χ4n) is 1.49. The summed E-state index contributed by atoms with van der Waals surface area (Å²) in [6.45, 7) is 1.07. The van der Waals surface area contributed by atoms with Crippen molar-refractivity contribution < 1.29 is 9.53 Å². The normalized spacial score (nSPS) is 9.95. The van der Waals surface area contributed by atoms with Crippen molar-refractivity contribution in [2.24, 2.45) is 0 Å². The van der Waals surface area contributed by atoms with Gasteiger partial charge in [0, 0.05) is 20.2 Å². The van der Waals surface area contributed by atoms with Crippen LogP contribution in [-0.2, 0) is 4.74 Å². The summed E-state index contributed by atoms with van der Waals surface area (Å²) in [5.41, 5.74) is 6.19. The average molecular weight is 283 g/mol. The first-order valence-electron chi connectivity index (χ1n) is 5.66. The number of methoxy groups -OCH3 is 1. The predicted octanol–water partition coefficient (Wildman–Crippen LogP) is 1.32. The van der Waals surface area contributed by atoms with Gasteiger partial charge in [-0.3, -0.25) is 4.79 Å². The van der Waals surface area contributed by atoms with Crippen LogP contribution in [0.15, 0.2) is 12.3 Å². The molecule has 0 atom stereocenters. The Balaban J connectivity index is 2.91. The van der Waals surface area contributed by atoms with Gasteiger partial charge in [-0.1, -0.05) is 11.6 Å². The highest BCUT2D eigenvalue weighted by Crippen LogP contribution is 2.17. The summed E-state index contributed by atoms with van der Waals surface area (Å²) in [4.78, 5) is 17.6. The van der Waals surface area contributed by atoms with Crippen LogP contribution in [-0.4, -0.2) is 42.6 Å². The van der Waals surface area contributed by atoms with Crippen molar-refractivity contribution >= 4 is 23.2 Å².